The Kier molecular flexibility index (Phi) is 11.1. The highest BCUT2D eigenvalue weighted by molar-refractivity contribution is 7.43. The van der Waals surface area contributed by atoms with E-state index in [1.165, 1.54) is 38.5 Å². The summed E-state index contributed by atoms with van der Waals surface area (Å²) in [6, 6.07) is 9.34. The van der Waals surface area contributed by atoms with E-state index in [4.69, 9.17) is 9.47 Å². The normalized spacial score (nSPS) is 11.2. The van der Waals surface area contributed by atoms with Crippen molar-refractivity contribution in [2.24, 2.45) is 0 Å². The molecule has 0 aliphatic carbocycles. The molecule has 0 bridgehead atoms. The van der Waals surface area contributed by atoms with Gasteiger partial charge in [0.15, 0.2) is 34.6 Å². The van der Waals surface area contributed by atoms with Crippen molar-refractivity contribution in [3.63, 3.8) is 0 Å². The molecular formula is C21H24N3O6P3. The molecule has 0 amide bonds. The van der Waals surface area contributed by atoms with Gasteiger partial charge in [0.25, 0.3) is 0 Å². The van der Waals surface area contributed by atoms with Gasteiger partial charge in [-0.2, -0.15) is 4.51 Å². The summed E-state index contributed by atoms with van der Waals surface area (Å²) in [5.74, 6) is -0.0832. The first-order chi connectivity index (χ1) is 15.9. The summed E-state index contributed by atoms with van der Waals surface area (Å²) in [6.07, 6.45) is 5.44. The smallest absolute Gasteiger partial charge is 0.163 e. The lowest BCUT2D eigenvalue weighted by Crippen LogP contribution is -2.01. The quantitative estimate of drug-likeness (QED) is 0.252. The Labute approximate surface area is 195 Å². The maximum atomic E-state index is 11.9. The first kappa shape index (κ1) is 26.0. The molecule has 0 spiro atoms. The van der Waals surface area contributed by atoms with Crippen LogP contribution in [-0.4, -0.2) is 49.5 Å². The average molecular weight is 507 g/mol. The van der Waals surface area contributed by atoms with Crippen LogP contribution in [0.25, 0.3) is 12.2 Å². The number of ketones is 2. The van der Waals surface area contributed by atoms with E-state index < -0.39 is 0 Å². The summed E-state index contributed by atoms with van der Waals surface area (Å²) in [5, 5.41) is 19.1. The molecule has 9 nitrogen and oxygen atoms in total. The second-order valence-electron chi connectivity index (χ2n) is 6.31. The van der Waals surface area contributed by atoms with Crippen LogP contribution in [0.4, 0.5) is 0 Å². The molecule has 33 heavy (non-hydrogen) atoms. The first-order valence-corrected chi connectivity index (χ1v) is 12.3. The van der Waals surface area contributed by atoms with Gasteiger partial charge in [0, 0.05) is 17.0 Å². The lowest BCUT2D eigenvalue weighted by atomic mass is 10.1. The monoisotopic (exact) mass is 507 g/mol. The number of ether oxygens (including phenoxy) is 2. The van der Waals surface area contributed by atoms with E-state index in [0.29, 0.717) is 39.6 Å². The SMILES string of the molecule is COc1cc(/C=C/C(=O)CC(=O)/C=C/c2ccc(O)c(OC)c2)ccc1O.n1p[nH][pH][nH][pH]1. The zero-order valence-corrected chi connectivity index (χ0v) is 20.8. The van der Waals surface area contributed by atoms with Crippen molar-refractivity contribution in [3.8, 4) is 23.0 Å². The zero-order chi connectivity index (χ0) is 24.1. The highest BCUT2D eigenvalue weighted by atomic mass is 31.1. The van der Waals surface area contributed by atoms with E-state index >= 15 is 0 Å². The predicted molar refractivity (Wildman–Crippen MR) is 134 cm³/mol. The van der Waals surface area contributed by atoms with Crippen LogP contribution < -0.4 is 9.47 Å². The molecule has 4 N–H and O–H groups in total. The predicted octanol–water partition coefficient (Wildman–Crippen LogP) is 4.87. The van der Waals surface area contributed by atoms with Crippen LogP contribution in [0.5, 0.6) is 23.0 Å². The molecule has 0 saturated carbocycles. The summed E-state index contributed by atoms with van der Waals surface area (Å²) >= 11 is 0. The summed E-state index contributed by atoms with van der Waals surface area (Å²) in [5.41, 5.74) is 1.33. The number of allylic oxidation sites excluding steroid dienone is 2. The number of aromatic nitrogens is 3. The van der Waals surface area contributed by atoms with Gasteiger partial charge in [-0.05, 0) is 47.5 Å². The van der Waals surface area contributed by atoms with Gasteiger partial charge in [0.05, 0.1) is 20.6 Å². The molecule has 174 valence electrons. The van der Waals surface area contributed by atoms with Crippen molar-refractivity contribution in [1.29, 1.82) is 0 Å². The van der Waals surface area contributed by atoms with E-state index in [1.807, 2.05) is 0 Å². The summed E-state index contributed by atoms with van der Waals surface area (Å²) in [7, 11) is 5.22. The third-order valence-corrected chi connectivity index (χ3v) is 6.60. The van der Waals surface area contributed by atoms with E-state index in [-0.39, 0.29) is 29.5 Å². The van der Waals surface area contributed by atoms with Gasteiger partial charge in [-0.3, -0.25) is 9.59 Å². The second-order valence-corrected chi connectivity index (χ2v) is 9.68. The number of hydrogen-bond acceptors (Lipinski definition) is 7. The van der Waals surface area contributed by atoms with Crippen molar-refractivity contribution < 1.29 is 29.3 Å². The summed E-state index contributed by atoms with van der Waals surface area (Å²) < 4.78 is 20.0. The number of phenolic OH excluding ortho intramolecular Hbond substituents is 2. The first-order valence-electron chi connectivity index (χ1n) is 9.48. The number of phenols is 2. The topological polar surface area (TPSA) is 138 Å². The molecule has 0 radical (unpaired) electrons. The van der Waals surface area contributed by atoms with Gasteiger partial charge in [-0.25, -0.2) is 0 Å². The van der Waals surface area contributed by atoms with E-state index in [1.54, 1.807) is 36.4 Å². The Morgan fingerprint density at radius 2 is 1.48 bits per heavy atom. The van der Waals surface area contributed by atoms with Gasteiger partial charge >= 0.3 is 0 Å². The number of aromatic hydroxyl groups is 2. The lowest BCUT2D eigenvalue weighted by Gasteiger charge is -2.03. The van der Waals surface area contributed by atoms with Crippen molar-refractivity contribution in [3.05, 3.63) is 59.7 Å². The molecule has 2 aromatic carbocycles. The third-order valence-electron chi connectivity index (χ3n) is 4.00. The number of aromatic amines is 2. The van der Waals surface area contributed by atoms with Crippen LogP contribution in [0.15, 0.2) is 48.6 Å². The van der Waals surface area contributed by atoms with Crippen LogP contribution in [0, 0.1) is 0 Å². The number of H-pyrrole nitrogens is 2. The fourth-order valence-electron chi connectivity index (χ4n) is 2.42. The van der Waals surface area contributed by atoms with E-state index in [9.17, 15) is 19.8 Å². The van der Waals surface area contributed by atoms with Crippen molar-refractivity contribution >= 4 is 49.2 Å². The highest BCUT2D eigenvalue weighted by Crippen LogP contribution is 2.27. The molecule has 12 heteroatoms. The minimum atomic E-state index is -0.347. The molecule has 0 fully saturated rings. The molecule has 0 saturated heterocycles. The Morgan fingerprint density at radius 3 is 1.82 bits per heavy atom. The van der Waals surface area contributed by atoms with Crippen molar-refractivity contribution in [2.45, 2.75) is 6.42 Å². The molecule has 2 unspecified atom stereocenters. The Bertz CT molecular complexity index is 1040. The Morgan fingerprint density at radius 1 is 0.970 bits per heavy atom. The number of rotatable bonds is 8. The number of benzene rings is 2. The third kappa shape index (κ3) is 9.42. The molecule has 3 aromatic rings. The maximum absolute atomic E-state index is 11.9. The molecule has 1 aromatic heterocycles. The fraction of sp³-hybridized carbons (Fsp3) is 0.143. The largest absolute Gasteiger partial charge is 0.504 e. The van der Waals surface area contributed by atoms with Gasteiger partial charge < -0.3 is 28.7 Å². The lowest BCUT2D eigenvalue weighted by molar-refractivity contribution is -0.121. The van der Waals surface area contributed by atoms with Crippen LogP contribution in [0.1, 0.15) is 17.5 Å². The number of nitrogens with one attached hydrogen (secondary N) is 2. The second kappa shape index (κ2) is 14.0. The number of methoxy groups -OCH3 is 2. The maximum Gasteiger partial charge on any atom is 0.163 e. The molecule has 0 aliphatic rings. The van der Waals surface area contributed by atoms with Gasteiger partial charge in [0.2, 0.25) is 0 Å². The molecule has 1 heterocycles. The fourth-order valence-corrected chi connectivity index (χ4v) is 5.07. The number of carbonyl (C=O) groups is 2. The Hall–Kier alpha value is -3.24. The molecular weight excluding hydrogens is 483 g/mol. The van der Waals surface area contributed by atoms with E-state index in [2.05, 4.69) is 13.5 Å². The average Bonchev–Trinajstić information content (AvgIpc) is 2.84. The number of hydrogen-bond donors (Lipinski definition) is 4. The summed E-state index contributed by atoms with van der Waals surface area (Å²) in [4.78, 5) is 23.9. The van der Waals surface area contributed by atoms with Crippen LogP contribution in [0.3, 0.4) is 0 Å². The van der Waals surface area contributed by atoms with Crippen LogP contribution >= 0.6 is 25.5 Å². The molecule has 3 rings (SSSR count). The standard InChI is InChI=1S/C21H20O6.H4N3P3/c1-26-20-11-14(5-9-18(20)24)3-7-16(22)13-17(23)8-4-15-6-10-19(25)21(12-15)27-2;1-4-2-6-3-5-1/h3-12,24-25H,13H2,1-2H3;1,4-5H,(H,2,3)/b7-3+,8-4+;. The van der Waals surface area contributed by atoms with E-state index in [0.717, 1.165) is 8.51 Å². The van der Waals surface area contributed by atoms with Crippen LogP contribution in [-0.2, 0) is 9.59 Å². The highest BCUT2D eigenvalue weighted by Gasteiger charge is 2.06. The van der Waals surface area contributed by atoms with Crippen LogP contribution in [0.2, 0.25) is 0 Å². The minimum Gasteiger partial charge on any atom is -0.504 e. The van der Waals surface area contributed by atoms with Gasteiger partial charge in [-0.15, -0.1) is 0 Å². The molecule has 0 aliphatic heterocycles. The van der Waals surface area contributed by atoms with Gasteiger partial charge in [0.1, 0.15) is 8.51 Å². The Balaban J connectivity index is 0.000000554. The van der Waals surface area contributed by atoms with Gasteiger partial charge in [-0.1, -0.05) is 24.3 Å². The molecule has 2 atom stereocenters. The zero-order valence-electron chi connectivity index (χ0n) is 17.9. The van der Waals surface area contributed by atoms with Crippen molar-refractivity contribution in [2.75, 3.05) is 14.2 Å². The van der Waals surface area contributed by atoms with Crippen molar-refractivity contribution in [1.82, 2.24) is 13.5 Å². The number of nitrogens with zero attached hydrogens (tertiary/aromatic N) is 1. The minimum absolute atomic E-state index is 0.00662. The number of carbonyl (C=O) groups excluding carboxylic acids is 2. The summed E-state index contributed by atoms with van der Waals surface area (Å²) in [6.45, 7) is 0.